The number of rotatable bonds is 6. The van der Waals surface area contributed by atoms with E-state index in [0.717, 1.165) is 30.0 Å². The molecular weight excluding hydrogens is 236 g/mol. The fourth-order valence-electron chi connectivity index (χ4n) is 2.05. The molecule has 0 unspecified atom stereocenters. The van der Waals surface area contributed by atoms with Gasteiger partial charge in [-0.25, -0.2) is 4.98 Å². The molecule has 0 saturated carbocycles. The van der Waals surface area contributed by atoms with E-state index in [2.05, 4.69) is 42.3 Å². The standard InChI is InChI=1S/C16H22N2O/c1-4-19-16-15-8-6-5-7-13(15)9-14(18-16)11-17-10-12(2)3/h5-9,12,17H,4,10-11H2,1-3H3. The van der Waals surface area contributed by atoms with Crippen LogP contribution < -0.4 is 10.1 Å². The Morgan fingerprint density at radius 1 is 1.26 bits per heavy atom. The number of ether oxygens (including phenoxy) is 1. The molecule has 0 aliphatic heterocycles. The molecule has 0 fully saturated rings. The largest absolute Gasteiger partial charge is 0.478 e. The lowest BCUT2D eigenvalue weighted by atomic mass is 10.1. The number of pyridine rings is 1. The van der Waals surface area contributed by atoms with Crippen molar-refractivity contribution in [3.63, 3.8) is 0 Å². The third-order valence-corrected chi connectivity index (χ3v) is 2.90. The maximum atomic E-state index is 5.65. The molecule has 1 aromatic heterocycles. The van der Waals surface area contributed by atoms with Crippen molar-refractivity contribution < 1.29 is 4.74 Å². The quantitative estimate of drug-likeness (QED) is 0.862. The van der Waals surface area contributed by atoms with E-state index >= 15 is 0 Å². The first-order chi connectivity index (χ1) is 9.20. The number of nitrogens with zero attached hydrogens (tertiary/aromatic N) is 1. The Morgan fingerprint density at radius 2 is 2.05 bits per heavy atom. The fourth-order valence-corrected chi connectivity index (χ4v) is 2.05. The van der Waals surface area contributed by atoms with E-state index in [9.17, 15) is 0 Å². The molecule has 0 radical (unpaired) electrons. The van der Waals surface area contributed by atoms with Gasteiger partial charge in [-0.3, -0.25) is 0 Å². The first kappa shape index (κ1) is 13.8. The van der Waals surface area contributed by atoms with Gasteiger partial charge in [-0.05, 0) is 36.9 Å². The van der Waals surface area contributed by atoms with Crippen LogP contribution in [0.3, 0.4) is 0 Å². The molecule has 0 aliphatic carbocycles. The van der Waals surface area contributed by atoms with Crippen molar-refractivity contribution in [2.45, 2.75) is 27.3 Å². The minimum atomic E-state index is 0.639. The van der Waals surface area contributed by atoms with E-state index < -0.39 is 0 Å². The van der Waals surface area contributed by atoms with Gasteiger partial charge in [-0.2, -0.15) is 0 Å². The van der Waals surface area contributed by atoms with E-state index in [4.69, 9.17) is 4.74 Å². The maximum Gasteiger partial charge on any atom is 0.221 e. The molecule has 0 bridgehead atoms. The van der Waals surface area contributed by atoms with Crippen molar-refractivity contribution in [2.75, 3.05) is 13.2 Å². The summed E-state index contributed by atoms with van der Waals surface area (Å²) in [6.45, 7) is 8.81. The SMILES string of the molecule is CCOc1nc(CNCC(C)C)cc2ccccc12. The second-order valence-corrected chi connectivity index (χ2v) is 5.10. The lowest BCUT2D eigenvalue weighted by molar-refractivity contribution is 0.330. The van der Waals surface area contributed by atoms with Crippen molar-refractivity contribution in [3.8, 4) is 5.88 Å². The van der Waals surface area contributed by atoms with Gasteiger partial charge in [0.05, 0.1) is 12.3 Å². The Kier molecular flexibility index (Phi) is 4.74. The van der Waals surface area contributed by atoms with Crippen molar-refractivity contribution in [1.82, 2.24) is 10.3 Å². The molecule has 0 amide bonds. The van der Waals surface area contributed by atoms with Crippen molar-refractivity contribution in [3.05, 3.63) is 36.0 Å². The highest BCUT2D eigenvalue weighted by Crippen LogP contribution is 2.24. The molecular formula is C16H22N2O. The predicted molar refractivity (Wildman–Crippen MR) is 79.5 cm³/mol. The second kappa shape index (κ2) is 6.53. The van der Waals surface area contributed by atoms with Crippen molar-refractivity contribution in [1.29, 1.82) is 0 Å². The normalized spacial score (nSPS) is 11.2. The third kappa shape index (κ3) is 3.67. The number of aromatic nitrogens is 1. The summed E-state index contributed by atoms with van der Waals surface area (Å²) in [6, 6.07) is 10.3. The molecule has 0 atom stereocenters. The van der Waals surface area contributed by atoms with Gasteiger partial charge in [0.15, 0.2) is 0 Å². The van der Waals surface area contributed by atoms with Crippen LogP contribution in [0.25, 0.3) is 10.8 Å². The molecule has 3 nitrogen and oxygen atoms in total. The van der Waals surface area contributed by atoms with Crippen LogP contribution in [-0.2, 0) is 6.54 Å². The van der Waals surface area contributed by atoms with Crippen LogP contribution >= 0.6 is 0 Å². The summed E-state index contributed by atoms with van der Waals surface area (Å²) in [6.07, 6.45) is 0. The average molecular weight is 258 g/mol. The molecule has 1 heterocycles. The Hall–Kier alpha value is -1.61. The van der Waals surface area contributed by atoms with Crippen LogP contribution in [0, 0.1) is 5.92 Å². The molecule has 0 spiro atoms. The van der Waals surface area contributed by atoms with Crippen LogP contribution in [0.2, 0.25) is 0 Å². The van der Waals surface area contributed by atoms with Crippen molar-refractivity contribution >= 4 is 10.8 Å². The Morgan fingerprint density at radius 3 is 2.79 bits per heavy atom. The molecule has 0 saturated heterocycles. The van der Waals surface area contributed by atoms with Gasteiger partial charge >= 0.3 is 0 Å². The third-order valence-electron chi connectivity index (χ3n) is 2.90. The lowest BCUT2D eigenvalue weighted by Crippen LogP contribution is -2.19. The molecule has 0 aliphatic rings. The highest BCUT2D eigenvalue weighted by Gasteiger charge is 2.06. The van der Waals surface area contributed by atoms with Gasteiger partial charge in [0.1, 0.15) is 0 Å². The molecule has 2 rings (SSSR count). The summed E-state index contributed by atoms with van der Waals surface area (Å²) >= 11 is 0. The van der Waals surface area contributed by atoms with Gasteiger partial charge in [0.2, 0.25) is 5.88 Å². The highest BCUT2D eigenvalue weighted by molar-refractivity contribution is 5.87. The van der Waals surface area contributed by atoms with E-state index in [1.807, 2.05) is 19.1 Å². The molecule has 1 aromatic carbocycles. The van der Waals surface area contributed by atoms with Gasteiger partial charge in [0, 0.05) is 11.9 Å². The van der Waals surface area contributed by atoms with Gasteiger partial charge in [-0.1, -0.05) is 32.0 Å². The zero-order valence-electron chi connectivity index (χ0n) is 11.9. The van der Waals surface area contributed by atoms with E-state index in [1.165, 1.54) is 5.39 Å². The van der Waals surface area contributed by atoms with Crippen LogP contribution in [0.1, 0.15) is 26.5 Å². The van der Waals surface area contributed by atoms with E-state index in [-0.39, 0.29) is 0 Å². The Labute approximate surface area is 115 Å². The van der Waals surface area contributed by atoms with Crippen LogP contribution in [0.4, 0.5) is 0 Å². The monoisotopic (exact) mass is 258 g/mol. The van der Waals surface area contributed by atoms with Gasteiger partial charge < -0.3 is 10.1 Å². The fraction of sp³-hybridized carbons (Fsp3) is 0.438. The highest BCUT2D eigenvalue weighted by atomic mass is 16.5. The predicted octanol–water partition coefficient (Wildman–Crippen LogP) is 3.38. The Balaban J connectivity index is 2.24. The Bertz CT molecular complexity index is 537. The number of benzene rings is 1. The van der Waals surface area contributed by atoms with Gasteiger partial charge in [-0.15, -0.1) is 0 Å². The first-order valence-corrected chi connectivity index (χ1v) is 6.93. The van der Waals surface area contributed by atoms with Crippen LogP contribution in [0.5, 0.6) is 5.88 Å². The number of hydrogen-bond donors (Lipinski definition) is 1. The molecule has 102 valence electrons. The zero-order chi connectivity index (χ0) is 13.7. The maximum absolute atomic E-state index is 5.65. The van der Waals surface area contributed by atoms with Crippen LogP contribution in [0.15, 0.2) is 30.3 Å². The second-order valence-electron chi connectivity index (χ2n) is 5.10. The smallest absolute Gasteiger partial charge is 0.221 e. The summed E-state index contributed by atoms with van der Waals surface area (Å²) in [4.78, 5) is 4.60. The van der Waals surface area contributed by atoms with Gasteiger partial charge in [0.25, 0.3) is 0 Å². The minimum absolute atomic E-state index is 0.639. The topological polar surface area (TPSA) is 34.1 Å². The molecule has 2 aromatic rings. The number of hydrogen-bond acceptors (Lipinski definition) is 3. The number of nitrogens with one attached hydrogen (secondary N) is 1. The average Bonchev–Trinajstić information content (AvgIpc) is 2.39. The molecule has 19 heavy (non-hydrogen) atoms. The number of fused-ring (bicyclic) bond motifs is 1. The van der Waals surface area contributed by atoms with E-state index in [1.54, 1.807) is 0 Å². The summed E-state index contributed by atoms with van der Waals surface area (Å²) in [5.74, 6) is 1.38. The lowest BCUT2D eigenvalue weighted by Gasteiger charge is -2.11. The summed E-state index contributed by atoms with van der Waals surface area (Å²) in [5.41, 5.74) is 1.03. The summed E-state index contributed by atoms with van der Waals surface area (Å²) < 4.78 is 5.65. The van der Waals surface area contributed by atoms with Crippen LogP contribution in [-0.4, -0.2) is 18.1 Å². The summed E-state index contributed by atoms with van der Waals surface area (Å²) in [7, 11) is 0. The van der Waals surface area contributed by atoms with E-state index in [0.29, 0.717) is 12.5 Å². The first-order valence-electron chi connectivity index (χ1n) is 6.93. The van der Waals surface area contributed by atoms with Crippen molar-refractivity contribution in [2.24, 2.45) is 5.92 Å². The zero-order valence-corrected chi connectivity index (χ0v) is 11.9. The molecule has 3 heteroatoms. The molecule has 1 N–H and O–H groups in total. The minimum Gasteiger partial charge on any atom is -0.478 e. The summed E-state index contributed by atoms with van der Waals surface area (Å²) in [5, 5.41) is 5.68.